The largest absolute Gasteiger partial charge is 0.454 e. The second-order valence-electron chi connectivity index (χ2n) is 4.99. The van der Waals surface area contributed by atoms with Gasteiger partial charge in [0.2, 0.25) is 0 Å². The highest BCUT2D eigenvalue weighted by molar-refractivity contribution is 6.01. The molecule has 1 aromatic carbocycles. The number of hydrazine groups is 1. The number of allylic oxidation sites excluding steroid dienone is 2. The molecule has 0 saturated carbocycles. The average molecular weight is 343 g/mol. The standard InChI is InChI=1S/C14H12F3N3O4/c15-14(16,17)12(21)8-5-3-6-10(8)18-19-13(22)9-4-1-2-7-11(9)20(23)24/h1-2,4,7,18H,3,5-6H2,(H,19,22). The van der Waals surface area contributed by atoms with Crippen LogP contribution in [0.25, 0.3) is 0 Å². The van der Waals surface area contributed by atoms with Gasteiger partial charge in [-0.05, 0) is 25.3 Å². The van der Waals surface area contributed by atoms with Gasteiger partial charge in [-0.15, -0.1) is 0 Å². The highest BCUT2D eigenvalue weighted by atomic mass is 19.4. The molecule has 0 unspecified atom stereocenters. The first kappa shape index (κ1) is 17.4. The van der Waals surface area contributed by atoms with E-state index < -0.39 is 34.1 Å². The van der Waals surface area contributed by atoms with Crippen LogP contribution >= 0.6 is 0 Å². The number of para-hydroxylation sites is 1. The molecule has 10 heteroatoms. The first-order chi connectivity index (χ1) is 11.2. The number of carbonyl (C=O) groups is 2. The Labute approximate surface area is 133 Å². The number of halogens is 3. The number of hydrogen-bond donors (Lipinski definition) is 2. The average Bonchev–Trinajstić information content (AvgIpc) is 2.99. The third kappa shape index (κ3) is 3.70. The number of rotatable bonds is 5. The van der Waals surface area contributed by atoms with Crippen molar-refractivity contribution in [3.63, 3.8) is 0 Å². The molecule has 2 N–H and O–H groups in total. The molecule has 24 heavy (non-hydrogen) atoms. The molecule has 0 fully saturated rings. The van der Waals surface area contributed by atoms with Crippen LogP contribution < -0.4 is 10.9 Å². The van der Waals surface area contributed by atoms with Crippen LogP contribution in [0.2, 0.25) is 0 Å². The molecule has 7 nitrogen and oxygen atoms in total. The molecule has 2 rings (SSSR count). The van der Waals surface area contributed by atoms with Crippen molar-refractivity contribution >= 4 is 17.4 Å². The van der Waals surface area contributed by atoms with Gasteiger partial charge in [0.1, 0.15) is 5.56 Å². The first-order valence-corrected chi connectivity index (χ1v) is 6.85. The van der Waals surface area contributed by atoms with Crippen molar-refractivity contribution in [2.45, 2.75) is 25.4 Å². The molecule has 0 bridgehead atoms. The Morgan fingerprint density at radius 1 is 1.17 bits per heavy atom. The van der Waals surface area contributed by atoms with Gasteiger partial charge >= 0.3 is 6.18 Å². The Balaban J connectivity index is 2.14. The number of hydrogen-bond acceptors (Lipinski definition) is 5. The molecule has 1 aromatic rings. The van der Waals surface area contributed by atoms with Gasteiger partial charge in [0.05, 0.1) is 4.92 Å². The SMILES string of the molecule is O=C(NNC1=C(C(=O)C(F)(F)F)CCC1)c1ccccc1[N+](=O)[O-]. The van der Waals surface area contributed by atoms with Crippen LogP contribution in [0.15, 0.2) is 35.5 Å². The van der Waals surface area contributed by atoms with Crippen LogP contribution in [0.3, 0.4) is 0 Å². The van der Waals surface area contributed by atoms with E-state index in [4.69, 9.17) is 0 Å². The number of nitrogens with one attached hydrogen (secondary N) is 2. The summed E-state index contributed by atoms with van der Waals surface area (Å²) in [6, 6.07) is 5.12. The minimum Gasteiger partial charge on any atom is -0.302 e. The smallest absolute Gasteiger partial charge is 0.302 e. The van der Waals surface area contributed by atoms with Gasteiger partial charge in [0, 0.05) is 17.3 Å². The summed E-state index contributed by atoms with van der Waals surface area (Å²) in [6.07, 6.45) is -4.55. The molecule has 1 aliphatic carbocycles. The molecule has 0 heterocycles. The van der Waals surface area contributed by atoms with E-state index in [1.54, 1.807) is 0 Å². The summed E-state index contributed by atoms with van der Waals surface area (Å²) in [4.78, 5) is 33.4. The predicted octanol–water partition coefficient (Wildman–Crippen LogP) is 2.40. The van der Waals surface area contributed by atoms with E-state index >= 15 is 0 Å². The number of nitro benzene ring substituents is 1. The van der Waals surface area contributed by atoms with Crippen LogP contribution in [-0.4, -0.2) is 22.8 Å². The lowest BCUT2D eigenvalue weighted by Gasteiger charge is -2.12. The molecule has 128 valence electrons. The fourth-order valence-electron chi connectivity index (χ4n) is 2.33. The van der Waals surface area contributed by atoms with E-state index in [-0.39, 0.29) is 24.1 Å². The molecule has 0 atom stereocenters. The fraction of sp³-hybridized carbons (Fsp3) is 0.286. The van der Waals surface area contributed by atoms with Gasteiger partial charge in [-0.2, -0.15) is 13.2 Å². The molecular formula is C14H12F3N3O4. The second-order valence-corrected chi connectivity index (χ2v) is 4.99. The van der Waals surface area contributed by atoms with E-state index in [1.165, 1.54) is 18.2 Å². The summed E-state index contributed by atoms with van der Waals surface area (Å²) in [5.41, 5.74) is 3.22. The van der Waals surface area contributed by atoms with Gasteiger partial charge in [-0.3, -0.25) is 25.1 Å². The Morgan fingerprint density at radius 3 is 2.46 bits per heavy atom. The zero-order chi connectivity index (χ0) is 17.9. The second kappa shape index (κ2) is 6.69. The maximum atomic E-state index is 12.5. The van der Waals surface area contributed by atoms with Crippen molar-refractivity contribution in [3.05, 3.63) is 51.2 Å². The van der Waals surface area contributed by atoms with Crippen LogP contribution in [0.1, 0.15) is 29.6 Å². The van der Waals surface area contributed by atoms with Crippen molar-refractivity contribution in [1.29, 1.82) is 0 Å². The van der Waals surface area contributed by atoms with Crippen molar-refractivity contribution < 1.29 is 27.7 Å². The third-order valence-electron chi connectivity index (χ3n) is 3.42. The quantitative estimate of drug-likeness (QED) is 0.631. The number of nitro groups is 1. The fourth-order valence-corrected chi connectivity index (χ4v) is 2.33. The minimum absolute atomic E-state index is 0.0377. The lowest BCUT2D eigenvalue weighted by molar-refractivity contribution is -0.385. The Morgan fingerprint density at radius 2 is 1.83 bits per heavy atom. The Hall–Kier alpha value is -2.91. The van der Waals surface area contributed by atoms with Gasteiger partial charge in [0.15, 0.2) is 0 Å². The summed E-state index contributed by atoms with van der Waals surface area (Å²) in [5.74, 6) is -2.84. The molecule has 0 radical (unpaired) electrons. The topological polar surface area (TPSA) is 101 Å². The summed E-state index contributed by atoms with van der Waals surface area (Å²) in [7, 11) is 0. The third-order valence-corrected chi connectivity index (χ3v) is 3.42. The summed E-state index contributed by atoms with van der Waals surface area (Å²) in [5, 5.41) is 10.9. The Bertz CT molecular complexity index is 728. The van der Waals surface area contributed by atoms with Crippen molar-refractivity contribution in [1.82, 2.24) is 10.9 Å². The van der Waals surface area contributed by atoms with Gasteiger partial charge in [0.25, 0.3) is 17.4 Å². The lowest BCUT2D eigenvalue weighted by atomic mass is 10.1. The molecule has 0 saturated heterocycles. The number of ketones is 1. The number of Topliss-reactive ketones (excluding diaryl/α,β-unsaturated/α-hetero) is 1. The molecule has 0 aliphatic heterocycles. The summed E-state index contributed by atoms with van der Waals surface area (Å²) >= 11 is 0. The van der Waals surface area contributed by atoms with Crippen molar-refractivity contribution in [2.75, 3.05) is 0 Å². The van der Waals surface area contributed by atoms with Crippen molar-refractivity contribution in [2.24, 2.45) is 0 Å². The predicted molar refractivity (Wildman–Crippen MR) is 75.6 cm³/mol. The molecule has 1 aliphatic rings. The minimum atomic E-state index is -4.99. The molecule has 0 aromatic heterocycles. The van der Waals surface area contributed by atoms with Gasteiger partial charge < -0.3 is 5.43 Å². The van der Waals surface area contributed by atoms with Crippen LogP contribution in [0.5, 0.6) is 0 Å². The number of amides is 1. The molecule has 1 amide bonds. The zero-order valence-electron chi connectivity index (χ0n) is 12.1. The van der Waals surface area contributed by atoms with Crippen molar-refractivity contribution in [3.8, 4) is 0 Å². The number of alkyl halides is 3. The van der Waals surface area contributed by atoms with E-state index in [2.05, 4.69) is 10.9 Å². The monoisotopic (exact) mass is 343 g/mol. The highest BCUT2D eigenvalue weighted by Gasteiger charge is 2.42. The molecule has 0 spiro atoms. The maximum absolute atomic E-state index is 12.5. The first-order valence-electron chi connectivity index (χ1n) is 6.85. The number of nitrogens with zero attached hydrogens (tertiary/aromatic N) is 1. The number of benzene rings is 1. The normalized spacial score (nSPS) is 14.5. The van der Waals surface area contributed by atoms with Crippen LogP contribution in [-0.2, 0) is 4.79 Å². The number of carbonyl (C=O) groups excluding carboxylic acids is 2. The highest BCUT2D eigenvalue weighted by Crippen LogP contribution is 2.31. The van der Waals surface area contributed by atoms with E-state index in [0.717, 1.165) is 6.07 Å². The maximum Gasteiger partial charge on any atom is 0.454 e. The lowest BCUT2D eigenvalue weighted by Crippen LogP contribution is -2.38. The zero-order valence-corrected chi connectivity index (χ0v) is 12.1. The van der Waals surface area contributed by atoms with E-state index in [1.807, 2.05) is 0 Å². The van der Waals surface area contributed by atoms with E-state index in [0.29, 0.717) is 6.42 Å². The Kier molecular flexibility index (Phi) is 4.86. The van der Waals surface area contributed by atoms with E-state index in [9.17, 15) is 32.9 Å². The summed E-state index contributed by atoms with van der Waals surface area (Å²) < 4.78 is 37.5. The van der Waals surface area contributed by atoms with Gasteiger partial charge in [-0.25, -0.2) is 0 Å². The summed E-state index contributed by atoms with van der Waals surface area (Å²) in [6.45, 7) is 0. The molecular weight excluding hydrogens is 331 g/mol. The van der Waals surface area contributed by atoms with Crippen LogP contribution in [0, 0.1) is 10.1 Å². The van der Waals surface area contributed by atoms with Gasteiger partial charge in [-0.1, -0.05) is 12.1 Å². The van der Waals surface area contributed by atoms with Crippen LogP contribution in [0.4, 0.5) is 18.9 Å².